The van der Waals surface area contributed by atoms with Crippen molar-refractivity contribution in [3.8, 4) is 11.5 Å². The second-order valence-electron chi connectivity index (χ2n) is 7.12. The van der Waals surface area contributed by atoms with Crippen LogP contribution in [-0.2, 0) is 0 Å². The summed E-state index contributed by atoms with van der Waals surface area (Å²) in [4.78, 5) is 2.40. The fourth-order valence-corrected chi connectivity index (χ4v) is 3.24. The van der Waals surface area contributed by atoms with Crippen LogP contribution >= 0.6 is 0 Å². The molecular weight excluding hydrogens is 312 g/mol. The van der Waals surface area contributed by atoms with Gasteiger partial charge in [-0.3, -0.25) is 0 Å². The highest BCUT2D eigenvalue weighted by Crippen LogP contribution is 2.42. The molecule has 134 valence electrons. The SMILES string of the molecule is CCOc1ccc2c(c1)N(CC(C)C)C(C)(COc1ccccc1)N2. The van der Waals surface area contributed by atoms with Crippen LogP contribution < -0.4 is 19.7 Å². The smallest absolute Gasteiger partial charge is 0.143 e. The molecule has 0 saturated carbocycles. The molecule has 1 unspecified atom stereocenters. The van der Waals surface area contributed by atoms with Crippen molar-refractivity contribution in [1.82, 2.24) is 0 Å². The van der Waals surface area contributed by atoms with E-state index in [4.69, 9.17) is 9.47 Å². The maximum atomic E-state index is 6.08. The number of hydrogen-bond donors (Lipinski definition) is 1. The summed E-state index contributed by atoms with van der Waals surface area (Å²) in [6.07, 6.45) is 0. The van der Waals surface area contributed by atoms with Gasteiger partial charge in [0.05, 0.1) is 18.0 Å². The molecule has 0 radical (unpaired) electrons. The number of nitrogens with one attached hydrogen (secondary N) is 1. The van der Waals surface area contributed by atoms with Gasteiger partial charge in [0.1, 0.15) is 23.8 Å². The summed E-state index contributed by atoms with van der Waals surface area (Å²) in [5, 5.41) is 3.65. The molecule has 2 aromatic carbocycles. The van der Waals surface area contributed by atoms with Crippen LogP contribution in [0.1, 0.15) is 27.7 Å². The molecule has 1 N–H and O–H groups in total. The van der Waals surface area contributed by atoms with Crippen molar-refractivity contribution in [1.29, 1.82) is 0 Å². The molecule has 1 heterocycles. The predicted octanol–water partition coefficient (Wildman–Crippen LogP) is 4.77. The lowest BCUT2D eigenvalue weighted by molar-refractivity contribution is 0.240. The Morgan fingerprint density at radius 3 is 2.48 bits per heavy atom. The molecule has 3 rings (SSSR count). The Labute approximate surface area is 150 Å². The van der Waals surface area contributed by atoms with Crippen LogP contribution in [0, 0.1) is 5.92 Å². The van der Waals surface area contributed by atoms with E-state index in [9.17, 15) is 0 Å². The molecule has 1 aliphatic rings. The first kappa shape index (κ1) is 17.5. The van der Waals surface area contributed by atoms with Gasteiger partial charge in [-0.05, 0) is 44.0 Å². The van der Waals surface area contributed by atoms with Crippen LogP contribution in [0.5, 0.6) is 11.5 Å². The van der Waals surface area contributed by atoms with E-state index in [0.29, 0.717) is 19.1 Å². The monoisotopic (exact) mass is 340 g/mol. The van der Waals surface area contributed by atoms with Crippen LogP contribution in [0.4, 0.5) is 11.4 Å². The van der Waals surface area contributed by atoms with E-state index in [1.807, 2.05) is 43.3 Å². The molecule has 0 fully saturated rings. The number of fused-ring (bicyclic) bond motifs is 1. The Morgan fingerprint density at radius 1 is 1.04 bits per heavy atom. The second-order valence-corrected chi connectivity index (χ2v) is 7.12. The topological polar surface area (TPSA) is 33.7 Å². The third-order valence-corrected chi connectivity index (χ3v) is 4.38. The summed E-state index contributed by atoms with van der Waals surface area (Å²) in [6, 6.07) is 16.2. The maximum absolute atomic E-state index is 6.08. The van der Waals surface area contributed by atoms with Crippen molar-refractivity contribution < 1.29 is 9.47 Å². The predicted molar refractivity (Wildman–Crippen MR) is 104 cm³/mol. The van der Waals surface area contributed by atoms with Crippen LogP contribution in [0.3, 0.4) is 0 Å². The van der Waals surface area contributed by atoms with E-state index < -0.39 is 0 Å². The zero-order chi connectivity index (χ0) is 17.9. The van der Waals surface area contributed by atoms with Crippen molar-refractivity contribution >= 4 is 11.4 Å². The normalized spacial score (nSPS) is 18.8. The Bertz CT molecular complexity index is 702. The molecule has 2 aromatic rings. The van der Waals surface area contributed by atoms with Gasteiger partial charge in [0, 0.05) is 12.6 Å². The molecule has 1 atom stereocenters. The number of anilines is 2. The van der Waals surface area contributed by atoms with Crippen LogP contribution in [0.15, 0.2) is 48.5 Å². The number of ether oxygens (including phenoxy) is 2. The summed E-state index contributed by atoms with van der Waals surface area (Å²) in [7, 11) is 0. The summed E-state index contributed by atoms with van der Waals surface area (Å²) >= 11 is 0. The number of nitrogens with zero attached hydrogens (tertiary/aromatic N) is 1. The largest absolute Gasteiger partial charge is 0.494 e. The fraction of sp³-hybridized carbons (Fsp3) is 0.429. The van der Waals surface area contributed by atoms with Gasteiger partial charge in [0.15, 0.2) is 0 Å². The van der Waals surface area contributed by atoms with Gasteiger partial charge in [-0.25, -0.2) is 0 Å². The minimum Gasteiger partial charge on any atom is -0.494 e. The molecular formula is C21H28N2O2. The number of hydrogen-bond acceptors (Lipinski definition) is 4. The quantitative estimate of drug-likeness (QED) is 0.787. The zero-order valence-corrected chi connectivity index (χ0v) is 15.6. The molecule has 0 aromatic heterocycles. The summed E-state index contributed by atoms with van der Waals surface area (Å²) < 4.78 is 11.8. The van der Waals surface area contributed by atoms with Gasteiger partial charge in [-0.2, -0.15) is 0 Å². The third-order valence-electron chi connectivity index (χ3n) is 4.38. The lowest BCUT2D eigenvalue weighted by atomic mass is 10.1. The highest BCUT2D eigenvalue weighted by molar-refractivity contribution is 5.79. The van der Waals surface area contributed by atoms with Crippen molar-refractivity contribution in [3.05, 3.63) is 48.5 Å². The van der Waals surface area contributed by atoms with Gasteiger partial charge in [0.25, 0.3) is 0 Å². The lowest BCUT2D eigenvalue weighted by Crippen LogP contribution is -2.53. The average Bonchev–Trinajstić information content (AvgIpc) is 2.86. The van der Waals surface area contributed by atoms with Gasteiger partial charge in [-0.1, -0.05) is 32.0 Å². The van der Waals surface area contributed by atoms with Crippen molar-refractivity contribution in [2.45, 2.75) is 33.4 Å². The molecule has 1 aliphatic heterocycles. The van der Waals surface area contributed by atoms with Crippen molar-refractivity contribution in [2.75, 3.05) is 30.0 Å². The van der Waals surface area contributed by atoms with Gasteiger partial charge >= 0.3 is 0 Å². The molecule has 25 heavy (non-hydrogen) atoms. The number of benzene rings is 2. The Balaban J connectivity index is 1.84. The molecule has 4 nitrogen and oxygen atoms in total. The summed E-state index contributed by atoms with van der Waals surface area (Å²) in [5.41, 5.74) is 2.01. The first-order chi connectivity index (χ1) is 12.0. The number of rotatable bonds is 7. The van der Waals surface area contributed by atoms with Crippen molar-refractivity contribution in [2.24, 2.45) is 5.92 Å². The molecule has 0 amide bonds. The van der Waals surface area contributed by atoms with Gasteiger partial charge in [-0.15, -0.1) is 0 Å². The molecule has 0 spiro atoms. The highest BCUT2D eigenvalue weighted by atomic mass is 16.5. The summed E-state index contributed by atoms with van der Waals surface area (Å²) in [5.74, 6) is 2.34. The molecule has 0 bridgehead atoms. The van der Waals surface area contributed by atoms with E-state index in [-0.39, 0.29) is 5.66 Å². The maximum Gasteiger partial charge on any atom is 0.143 e. The Kier molecular flexibility index (Phi) is 5.07. The second kappa shape index (κ2) is 7.26. The first-order valence-corrected chi connectivity index (χ1v) is 9.02. The third kappa shape index (κ3) is 3.84. The number of para-hydroxylation sites is 1. The van der Waals surface area contributed by atoms with Gasteiger partial charge < -0.3 is 19.7 Å². The van der Waals surface area contributed by atoms with E-state index in [0.717, 1.165) is 23.7 Å². The lowest BCUT2D eigenvalue weighted by Gasteiger charge is -2.38. The van der Waals surface area contributed by atoms with Gasteiger partial charge in [0.2, 0.25) is 0 Å². The highest BCUT2D eigenvalue weighted by Gasteiger charge is 2.40. The molecule has 4 heteroatoms. The zero-order valence-electron chi connectivity index (χ0n) is 15.6. The van der Waals surface area contributed by atoms with E-state index >= 15 is 0 Å². The Hall–Kier alpha value is -2.36. The van der Waals surface area contributed by atoms with Crippen molar-refractivity contribution in [3.63, 3.8) is 0 Å². The average molecular weight is 340 g/mol. The van der Waals surface area contributed by atoms with Crippen LogP contribution in [0.2, 0.25) is 0 Å². The van der Waals surface area contributed by atoms with Crippen LogP contribution in [0.25, 0.3) is 0 Å². The first-order valence-electron chi connectivity index (χ1n) is 9.02. The van der Waals surface area contributed by atoms with E-state index in [1.165, 1.54) is 5.69 Å². The van der Waals surface area contributed by atoms with E-state index in [2.05, 4.69) is 43.1 Å². The summed E-state index contributed by atoms with van der Waals surface area (Å²) in [6.45, 7) is 10.9. The van der Waals surface area contributed by atoms with Crippen LogP contribution in [-0.4, -0.2) is 25.4 Å². The standard InChI is InChI=1S/C21H28N2O2/c1-5-24-18-11-12-19-20(13-18)23(14-16(2)3)21(4,22-19)15-25-17-9-7-6-8-10-17/h6-13,16,22H,5,14-15H2,1-4H3. The van der Waals surface area contributed by atoms with E-state index in [1.54, 1.807) is 0 Å². The molecule has 0 saturated heterocycles. The minimum atomic E-state index is -0.298. The molecule has 0 aliphatic carbocycles. The fourth-order valence-electron chi connectivity index (χ4n) is 3.24. The minimum absolute atomic E-state index is 0.298. The Morgan fingerprint density at radius 2 is 1.80 bits per heavy atom.